The largest absolute Gasteiger partial charge is 0.422 e. The quantitative estimate of drug-likeness (QED) is 0.731. The molecule has 3 nitrogen and oxygen atoms in total. The third kappa shape index (κ3) is 2.55. The second-order valence-electron chi connectivity index (χ2n) is 5.05. The Hall–Kier alpha value is -2.55. The van der Waals surface area contributed by atoms with Gasteiger partial charge in [-0.1, -0.05) is 24.3 Å². The van der Waals surface area contributed by atoms with Crippen LogP contribution in [0.1, 0.15) is 12.5 Å². The van der Waals surface area contributed by atoms with Gasteiger partial charge in [0.1, 0.15) is 5.58 Å². The SMILES string of the molecule is CCNc1ccc(C)c(-c2cc3ccccc3oc2=O)c1. The van der Waals surface area contributed by atoms with Crippen LogP contribution < -0.4 is 10.9 Å². The molecule has 3 aromatic rings. The topological polar surface area (TPSA) is 42.2 Å². The maximum atomic E-state index is 12.3. The average Bonchev–Trinajstić information content (AvgIpc) is 2.49. The first-order chi connectivity index (χ1) is 10.2. The second kappa shape index (κ2) is 5.44. The van der Waals surface area contributed by atoms with Gasteiger partial charge in [0.25, 0.3) is 0 Å². The summed E-state index contributed by atoms with van der Waals surface area (Å²) in [7, 11) is 0. The second-order valence-corrected chi connectivity index (χ2v) is 5.05. The highest BCUT2D eigenvalue weighted by Gasteiger charge is 2.10. The van der Waals surface area contributed by atoms with Crippen molar-refractivity contribution in [2.24, 2.45) is 0 Å². The fourth-order valence-corrected chi connectivity index (χ4v) is 2.48. The van der Waals surface area contributed by atoms with Gasteiger partial charge >= 0.3 is 5.63 Å². The molecule has 2 aromatic carbocycles. The van der Waals surface area contributed by atoms with Gasteiger partial charge in [0.15, 0.2) is 0 Å². The van der Waals surface area contributed by atoms with Crippen LogP contribution in [0.4, 0.5) is 5.69 Å². The summed E-state index contributed by atoms with van der Waals surface area (Å²) in [6, 6.07) is 15.5. The number of hydrogen-bond donors (Lipinski definition) is 1. The van der Waals surface area contributed by atoms with Crippen molar-refractivity contribution >= 4 is 16.7 Å². The number of anilines is 1. The molecule has 0 radical (unpaired) electrons. The number of fused-ring (bicyclic) bond motifs is 1. The Morgan fingerprint density at radius 1 is 1.05 bits per heavy atom. The molecule has 1 N–H and O–H groups in total. The molecule has 3 heteroatoms. The Labute approximate surface area is 123 Å². The third-order valence-corrected chi connectivity index (χ3v) is 3.55. The lowest BCUT2D eigenvalue weighted by Gasteiger charge is -2.10. The van der Waals surface area contributed by atoms with E-state index in [1.54, 1.807) is 0 Å². The molecule has 0 aliphatic carbocycles. The molecule has 0 saturated carbocycles. The summed E-state index contributed by atoms with van der Waals surface area (Å²) in [4.78, 5) is 12.3. The number of nitrogens with one attached hydrogen (secondary N) is 1. The Bertz CT molecular complexity index is 849. The van der Waals surface area contributed by atoms with Crippen LogP contribution in [-0.2, 0) is 0 Å². The summed E-state index contributed by atoms with van der Waals surface area (Å²) in [6.45, 7) is 4.89. The fraction of sp³-hybridized carbons (Fsp3) is 0.167. The lowest BCUT2D eigenvalue weighted by Crippen LogP contribution is -2.04. The first kappa shape index (κ1) is 13.4. The number of rotatable bonds is 3. The van der Waals surface area contributed by atoms with Crippen LogP contribution in [-0.4, -0.2) is 6.54 Å². The molecule has 0 bridgehead atoms. The highest BCUT2D eigenvalue weighted by molar-refractivity contribution is 5.83. The van der Waals surface area contributed by atoms with Crippen LogP contribution in [0.25, 0.3) is 22.1 Å². The van der Waals surface area contributed by atoms with Crippen molar-refractivity contribution in [2.75, 3.05) is 11.9 Å². The predicted octanol–water partition coefficient (Wildman–Crippen LogP) is 4.20. The number of benzene rings is 2. The maximum absolute atomic E-state index is 12.3. The molecule has 0 aliphatic rings. The van der Waals surface area contributed by atoms with Crippen molar-refractivity contribution < 1.29 is 4.42 Å². The van der Waals surface area contributed by atoms with E-state index in [4.69, 9.17) is 4.42 Å². The minimum absolute atomic E-state index is 0.301. The van der Waals surface area contributed by atoms with Gasteiger partial charge in [-0.25, -0.2) is 4.79 Å². The molecule has 0 saturated heterocycles. The Balaban J connectivity index is 2.22. The van der Waals surface area contributed by atoms with Gasteiger partial charge in [-0.3, -0.25) is 0 Å². The summed E-state index contributed by atoms with van der Waals surface area (Å²) < 4.78 is 5.43. The molecule has 0 fully saturated rings. The standard InChI is InChI=1S/C18H17NO2/c1-3-19-14-9-8-12(2)15(11-14)16-10-13-6-4-5-7-17(13)21-18(16)20/h4-11,19H,3H2,1-2H3. The van der Waals surface area contributed by atoms with E-state index in [1.165, 1.54) is 0 Å². The monoisotopic (exact) mass is 279 g/mol. The molecule has 0 unspecified atom stereocenters. The predicted molar refractivity (Wildman–Crippen MR) is 86.8 cm³/mol. The van der Waals surface area contributed by atoms with Gasteiger partial charge in [-0.15, -0.1) is 0 Å². The zero-order valence-corrected chi connectivity index (χ0v) is 12.1. The normalized spacial score (nSPS) is 10.8. The van der Waals surface area contributed by atoms with Gasteiger partial charge < -0.3 is 9.73 Å². The Morgan fingerprint density at radius 2 is 1.86 bits per heavy atom. The van der Waals surface area contributed by atoms with E-state index in [1.807, 2.05) is 62.4 Å². The van der Waals surface area contributed by atoms with Crippen LogP contribution in [0.2, 0.25) is 0 Å². The molecule has 106 valence electrons. The van der Waals surface area contributed by atoms with Crippen molar-refractivity contribution in [1.82, 2.24) is 0 Å². The van der Waals surface area contributed by atoms with Crippen LogP contribution in [0.3, 0.4) is 0 Å². The highest BCUT2D eigenvalue weighted by atomic mass is 16.4. The zero-order valence-electron chi connectivity index (χ0n) is 12.1. The Morgan fingerprint density at radius 3 is 2.67 bits per heavy atom. The van der Waals surface area contributed by atoms with Crippen LogP contribution in [0.15, 0.2) is 57.7 Å². The molecular weight excluding hydrogens is 262 g/mol. The van der Waals surface area contributed by atoms with Crippen LogP contribution >= 0.6 is 0 Å². The number of hydrogen-bond acceptors (Lipinski definition) is 3. The van der Waals surface area contributed by atoms with Crippen LogP contribution in [0, 0.1) is 6.92 Å². The lowest BCUT2D eigenvalue weighted by molar-refractivity contribution is 0.563. The van der Waals surface area contributed by atoms with E-state index >= 15 is 0 Å². The molecule has 0 atom stereocenters. The van der Waals surface area contributed by atoms with E-state index < -0.39 is 0 Å². The summed E-state index contributed by atoms with van der Waals surface area (Å²) >= 11 is 0. The molecular formula is C18H17NO2. The van der Waals surface area contributed by atoms with Gasteiger partial charge in [-0.05, 0) is 49.2 Å². The minimum Gasteiger partial charge on any atom is -0.422 e. The van der Waals surface area contributed by atoms with E-state index in [0.717, 1.165) is 28.7 Å². The molecule has 0 spiro atoms. The number of para-hydroxylation sites is 1. The summed E-state index contributed by atoms with van der Waals surface area (Å²) in [5.74, 6) is 0. The first-order valence-corrected chi connectivity index (χ1v) is 7.07. The maximum Gasteiger partial charge on any atom is 0.344 e. The van der Waals surface area contributed by atoms with Crippen molar-refractivity contribution in [1.29, 1.82) is 0 Å². The van der Waals surface area contributed by atoms with Crippen LogP contribution in [0.5, 0.6) is 0 Å². The van der Waals surface area contributed by atoms with E-state index in [2.05, 4.69) is 5.32 Å². The lowest BCUT2D eigenvalue weighted by atomic mass is 10.0. The first-order valence-electron chi connectivity index (χ1n) is 7.07. The third-order valence-electron chi connectivity index (χ3n) is 3.55. The summed E-state index contributed by atoms with van der Waals surface area (Å²) in [6.07, 6.45) is 0. The van der Waals surface area contributed by atoms with Crippen molar-refractivity contribution in [2.45, 2.75) is 13.8 Å². The van der Waals surface area contributed by atoms with E-state index in [-0.39, 0.29) is 5.63 Å². The molecule has 1 aromatic heterocycles. The molecule has 21 heavy (non-hydrogen) atoms. The van der Waals surface area contributed by atoms with Gasteiger partial charge in [-0.2, -0.15) is 0 Å². The van der Waals surface area contributed by atoms with Gasteiger partial charge in [0, 0.05) is 17.6 Å². The van der Waals surface area contributed by atoms with Gasteiger partial charge in [0.2, 0.25) is 0 Å². The Kier molecular flexibility index (Phi) is 3.48. The molecule has 3 rings (SSSR count). The highest BCUT2D eigenvalue weighted by Crippen LogP contribution is 2.26. The van der Waals surface area contributed by atoms with E-state index in [9.17, 15) is 4.79 Å². The fourth-order valence-electron chi connectivity index (χ4n) is 2.48. The zero-order chi connectivity index (χ0) is 14.8. The minimum atomic E-state index is -0.301. The smallest absolute Gasteiger partial charge is 0.344 e. The van der Waals surface area contributed by atoms with Crippen molar-refractivity contribution in [3.8, 4) is 11.1 Å². The number of aryl methyl sites for hydroxylation is 1. The van der Waals surface area contributed by atoms with Gasteiger partial charge in [0.05, 0.1) is 5.56 Å². The summed E-state index contributed by atoms with van der Waals surface area (Å²) in [5.41, 5.74) is 3.89. The molecule has 1 heterocycles. The van der Waals surface area contributed by atoms with E-state index in [0.29, 0.717) is 11.1 Å². The van der Waals surface area contributed by atoms with Crippen molar-refractivity contribution in [3.05, 3.63) is 64.5 Å². The molecule has 0 aliphatic heterocycles. The average molecular weight is 279 g/mol. The molecule has 0 amide bonds. The van der Waals surface area contributed by atoms with Crippen molar-refractivity contribution in [3.63, 3.8) is 0 Å². The summed E-state index contributed by atoms with van der Waals surface area (Å²) in [5, 5.41) is 4.20.